The summed E-state index contributed by atoms with van der Waals surface area (Å²) in [5.74, 6) is -1.73. The summed E-state index contributed by atoms with van der Waals surface area (Å²) in [6.45, 7) is 3.47. The van der Waals surface area contributed by atoms with Gasteiger partial charge in [0.2, 0.25) is 5.91 Å². The van der Waals surface area contributed by atoms with Crippen molar-refractivity contribution >= 4 is 17.9 Å². The van der Waals surface area contributed by atoms with Crippen LogP contribution >= 0.6 is 0 Å². The van der Waals surface area contributed by atoms with E-state index in [0.29, 0.717) is 19.6 Å². The number of carboxylic acid groups (broad SMARTS) is 1. The predicted octanol–water partition coefficient (Wildman–Crippen LogP) is -0.371. The van der Waals surface area contributed by atoms with Crippen molar-refractivity contribution in [3.8, 4) is 0 Å². The van der Waals surface area contributed by atoms with Gasteiger partial charge < -0.3 is 20.6 Å². The molecule has 7 nitrogen and oxygen atoms in total. The van der Waals surface area contributed by atoms with Crippen molar-refractivity contribution in [1.82, 2.24) is 15.5 Å². The molecule has 1 rings (SSSR count). The molecule has 3 N–H and O–H groups in total. The number of nitrogens with zero attached hydrogens (tertiary/aromatic N) is 1. The Bertz CT molecular complexity index is 332. The molecule has 0 spiro atoms. The minimum absolute atomic E-state index is 0.0529. The fourth-order valence-corrected chi connectivity index (χ4v) is 1.76. The van der Waals surface area contributed by atoms with E-state index < -0.39 is 11.9 Å². The first-order valence-corrected chi connectivity index (χ1v) is 6.06. The van der Waals surface area contributed by atoms with Crippen LogP contribution in [0.2, 0.25) is 0 Å². The maximum absolute atomic E-state index is 11.5. The van der Waals surface area contributed by atoms with Gasteiger partial charge in [-0.15, -0.1) is 0 Å². The van der Waals surface area contributed by atoms with Crippen LogP contribution in [-0.2, 0) is 9.59 Å². The normalized spacial score (nSPS) is 18.8. The molecule has 0 aromatic carbocycles. The van der Waals surface area contributed by atoms with Crippen LogP contribution in [0.5, 0.6) is 0 Å². The van der Waals surface area contributed by atoms with Crippen molar-refractivity contribution in [3.05, 3.63) is 0 Å². The van der Waals surface area contributed by atoms with Crippen LogP contribution in [0.15, 0.2) is 0 Å². The van der Waals surface area contributed by atoms with Gasteiger partial charge in [0, 0.05) is 32.6 Å². The topological polar surface area (TPSA) is 98.7 Å². The highest BCUT2D eigenvalue weighted by Crippen LogP contribution is 2.16. The van der Waals surface area contributed by atoms with Gasteiger partial charge in [-0.05, 0) is 6.42 Å². The second kappa shape index (κ2) is 6.83. The molecule has 0 radical (unpaired) electrons. The van der Waals surface area contributed by atoms with Crippen molar-refractivity contribution in [2.75, 3.05) is 26.2 Å². The monoisotopic (exact) mass is 257 g/mol. The molecule has 1 aliphatic rings. The number of amides is 3. The lowest BCUT2D eigenvalue weighted by atomic mass is 10.1. The summed E-state index contributed by atoms with van der Waals surface area (Å²) < 4.78 is 0. The average Bonchev–Trinajstić information content (AvgIpc) is 2.69. The van der Waals surface area contributed by atoms with E-state index in [1.807, 2.05) is 6.92 Å². The van der Waals surface area contributed by atoms with Gasteiger partial charge in [0.05, 0.1) is 5.92 Å². The van der Waals surface area contributed by atoms with Gasteiger partial charge in [0.15, 0.2) is 0 Å². The van der Waals surface area contributed by atoms with Crippen LogP contribution in [0, 0.1) is 5.92 Å². The smallest absolute Gasteiger partial charge is 0.314 e. The van der Waals surface area contributed by atoms with Crippen molar-refractivity contribution in [2.45, 2.75) is 19.8 Å². The van der Waals surface area contributed by atoms with E-state index in [1.165, 1.54) is 4.90 Å². The Balaban J connectivity index is 2.22. The average molecular weight is 257 g/mol. The lowest BCUT2D eigenvalue weighted by Crippen LogP contribution is -2.41. The summed E-state index contributed by atoms with van der Waals surface area (Å²) >= 11 is 0. The number of hydrogen-bond acceptors (Lipinski definition) is 3. The van der Waals surface area contributed by atoms with E-state index in [4.69, 9.17) is 5.11 Å². The van der Waals surface area contributed by atoms with E-state index in [1.54, 1.807) is 0 Å². The molecule has 18 heavy (non-hydrogen) atoms. The van der Waals surface area contributed by atoms with Gasteiger partial charge in [-0.2, -0.15) is 0 Å². The number of carbonyl (C=O) groups excluding carboxylic acids is 2. The summed E-state index contributed by atoms with van der Waals surface area (Å²) in [5.41, 5.74) is 0. The van der Waals surface area contributed by atoms with Crippen LogP contribution in [0.25, 0.3) is 0 Å². The zero-order chi connectivity index (χ0) is 13.5. The lowest BCUT2D eigenvalue weighted by molar-refractivity contribution is -0.141. The number of aliphatic carboxylic acids is 1. The Morgan fingerprint density at radius 2 is 2.06 bits per heavy atom. The molecule has 0 saturated carbocycles. The van der Waals surface area contributed by atoms with Gasteiger partial charge >= 0.3 is 12.0 Å². The maximum Gasteiger partial charge on any atom is 0.314 e. The Kier molecular flexibility index (Phi) is 5.41. The summed E-state index contributed by atoms with van der Waals surface area (Å²) in [6.07, 6.45) is 0.912. The number of hydrogen-bond donors (Lipinski definition) is 3. The summed E-state index contributed by atoms with van der Waals surface area (Å²) in [5, 5.41) is 14.1. The maximum atomic E-state index is 11.5. The third-order valence-corrected chi connectivity index (χ3v) is 2.77. The lowest BCUT2D eigenvalue weighted by Gasteiger charge is -2.16. The minimum atomic E-state index is -0.945. The Labute approximate surface area is 106 Å². The number of carboxylic acids is 1. The summed E-state index contributed by atoms with van der Waals surface area (Å²) in [4.78, 5) is 34.9. The zero-order valence-electron chi connectivity index (χ0n) is 10.4. The van der Waals surface area contributed by atoms with Crippen LogP contribution in [-0.4, -0.2) is 54.1 Å². The predicted molar refractivity (Wildman–Crippen MR) is 64.0 cm³/mol. The van der Waals surface area contributed by atoms with E-state index in [2.05, 4.69) is 10.6 Å². The van der Waals surface area contributed by atoms with E-state index >= 15 is 0 Å². The fourth-order valence-electron chi connectivity index (χ4n) is 1.76. The highest BCUT2D eigenvalue weighted by atomic mass is 16.4. The molecular formula is C11H19N3O4. The molecule has 0 aromatic heterocycles. The SMILES string of the molecule is CCCNC(=O)NCCN1CC(C(=O)O)CC1=O. The molecule has 3 amide bonds. The number of nitrogens with one attached hydrogen (secondary N) is 2. The Morgan fingerprint density at radius 3 is 2.61 bits per heavy atom. The number of likely N-dealkylation sites (tertiary alicyclic amines) is 1. The molecule has 7 heteroatoms. The highest BCUT2D eigenvalue weighted by Gasteiger charge is 2.33. The number of rotatable bonds is 6. The molecule has 1 fully saturated rings. The second-order valence-corrected chi connectivity index (χ2v) is 4.26. The third kappa shape index (κ3) is 4.23. The Morgan fingerprint density at radius 1 is 1.39 bits per heavy atom. The van der Waals surface area contributed by atoms with Crippen molar-refractivity contribution < 1.29 is 19.5 Å². The van der Waals surface area contributed by atoms with Crippen molar-refractivity contribution in [2.24, 2.45) is 5.92 Å². The van der Waals surface area contributed by atoms with Gasteiger partial charge in [0.25, 0.3) is 0 Å². The molecule has 1 aliphatic heterocycles. The van der Waals surface area contributed by atoms with Crippen LogP contribution in [0.1, 0.15) is 19.8 Å². The van der Waals surface area contributed by atoms with E-state index in [-0.39, 0.29) is 24.9 Å². The first-order valence-electron chi connectivity index (χ1n) is 6.06. The molecule has 1 unspecified atom stereocenters. The molecule has 102 valence electrons. The van der Waals surface area contributed by atoms with E-state index in [9.17, 15) is 14.4 Å². The quantitative estimate of drug-likeness (QED) is 0.604. The minimum Gasteiger partial charge on any atom is -0.481 e. The summed E-state index contributed by atoms with van der Waals surface area (Å²) in [7, 11) is 0. The Hall–Kier alpha value is -1.79. The van der Waals surface area contributed by atoms with Gasteiger partial charge in [-0.25, -0.2) is 4.79 Å². The molecule has 0 aliphatic carbocycles. The number of urea groups is 1. The van der Waals surface area contributed by atoms with Crippen molar-refractivity contribution in [1.29, 1.82) is 0 Å². The van der Waals surface area contributed by atoms with Crippen LogP contribution in [0.4, 0.5) is 4.79 Å². The largest absolute Gasteiger partial charge is 0.481 e. The van der Waals surface area contributed by atoms with Gasteiger partial charge in [0.1, 0.15) is 0 Å². The van der Waals surface area contributed by atoms with Crippen LogP contribution < -0.4 is 10.6 Å². The zero-order valence-corrected chi connectivity index (χ0v) is 10.4. The van der Waals surface area contributed by atoms with E-state index in [0.717, 1.165) is 6.42 Å². The molecule has 1 atom stereocenters. The molecule has 0 bridgehead atoms. The number of carbonyl (C=O) groups is 3. The first-order chi connectivity index (χ1) is 8.54. The molecule has 1 heterocycles. The first kappa shape index (κ1) is 14.3. The molecule has 1 saturated heterocycles. The third-order valence-electron chi connectivity index (χ3n) is 2.77. The highest BCUT2D eigenvalue weighted by molar-refractivity contribution is 5.86. The van der Waals surface area contributed by atoms with Crippen LogP contribution in [0.3, 0.4) is 0 Å². The summed E-state index contributed by atoms with van der Waals surface area (Å²) in [6, 6.07) is -0.265. The standard InChI is InChI=1S/C11H19N3O4/c1-2-3-12-11(18)13-4-5-14-7-8(10(16)17)6-9(14)15/h8H,2-7H2,1H3,(H,16,17)(H2,12,13,18). The molecular weight excluding hydrogens is 238 g/mol. The fraction of sp³-hybridized carbons (Fsp3) is 0.727. The van der Waals surface area contributed by atoms with Gasteiger partial charge in [-0.3, -0.25) is 9.59 Å². The van der Waals surface area contributed by atoms with Crippen molar-refractivity contribution in [3.63, 3.8) is 0 Å². The van der Waals surface area contributed by atoms with Gasteiger partial charge in [-0.1, -0.05) is 6.92 Å². The molecule has 0 aromatic rings. The second-order valence-electron chi connectivity index (χ2n) is 4.26.